The average molecular weight is 287 g/mol. The van der Waals surface area contributed by atoms with Crippen molar-refractivity contribution < 1.29 is 34.9 Å². The molecule has 0 rings (SSSR count). The van der Waals surface area contributed by atoms with Gasteiger partial charge in [0.25, 0.3) is 0 Å². The van der Waals surface area contributed by atoms with Gasteiger partial charge in [0.05, 0.1) is 7.32 Å². The van der Waals surface area contributed by atoms with E-state index in [0.717, 1.165) is 0 Å². The first-order chi connectivity index (χ1) is 4.37. The van der Waals surface area contributed by atoms with Crippen molar-refractivity contribution in [3.63, 3.8) is 0 Å². The number of aliphatic carboxylic acids is 2. The second kappa shape index (κ2) is 10.5. The maximum Gasteiger partial charge on any atom is 2.00 e. The van der Waals surface area contributed by atoms with Crippen LogP contribution in [-0.4, -0.2) is 83.4 Å². The Bertz CT molecular complexity index is 109. The molecular weight excluding hydrogens is 284 g/mol. The minimum absolute atomic E-state index is 0. The standard InChI is InChI=1S/C2H2O4.BHO3.Ba/c3-1(4)2(5)6;2-1(3)4;/h(H,3,4)(H,5,6);2H;/q;-2;+2. The van der Waals surface area contributed by atoms with Gasteiger partial charge in [-0.05, 0) is 0 Å². The number of carboxylic acid groups (broad SMARTS) is 2. The zero-order chi connectivity index (χ0) is 8.73. The van der Waals surface area contributed by atoms with E-state index >= 15 is 0 Å². The Kier molecular flexibility index (Phi) is 16.7. The largest absolute Gasteiger partial charge is 2.00 e. The number of hydrogen-bond acceptors (Lipinski definition) is 5. The van der Waals surface area contributed by atoms with Crippen LogP contribution in [0.2, 0.25) is 0 Å². The van der Waals surface area contributed by atoms with Gasteiger partial charge in [-0.2, -0.15) is 0 Å². The summed E-state index contributed by atoms with van der Waals surface area (Å²) in [6, 6.07) is 0. The Morgan fingerprint density at radius 2 is 1.18 bits per heavy atom. The monoisotopic (exact) mass is 288 g/mol. The Labute approximate surface area is 102 Å². The molecule has 9 heteroatoms. The van der Waals surface area contributed by atoms with Crippen LogP contribution in [0, 0.1) is 0 Å². The molecule has 0 bridgehead atoms. The molecule has 0 atom stereocenters. The van der Waals surface area contributed by atoms with Crippen LogP contribution >= 0.6 is 0 Å². The van der Waals surface area contributed by atoms with Gasteiger partial charge in [0.1, 0.15) is 0 Å². The second-order valence-electron chi connectivity index (χ2n) is 0.917. The van der Waals surface area contributed by atoms with Gasteiger partial charge in [-0.3, -0.25) is 0 Å². The molecule has 0 fully saturated rings. The van der Waals surface area contributed by atoms with Gasteiger partial charge in [-0.25, -0.2) is 9.59 Å². The molecule has 11 heavy (non-hydrogen) atoms. The van der Waals surface area contributed by atoms with Crippen LogP contribution in [0.1, 0.15) is 0 Å². The molecule has 0 unspecified atom stereocenters. The molecule has 0 aromatic carbocycles. The van der Waals surface area contributed by atoms with Crippen LogP contribution in [0.25, 0.3) is 0 Å². The third-order valence-electron chi connectivity index (χ3n) is 0.183. The maximum atomic E-state index is 9.10. The van der Waals surface area contributed by atoms with Crippen molar-refractivity contribution in [3.05, 3.63) is 0 Å². The molecule has 0 amide bonds. The second-order valence-corrected chi connectivity index (χ2v) is 0.917. The summed E-state index contributed by atoms with van der Waals surface area (Å²) in [5, 5.41) is 38.8. The van der Waals surface area contributed by atoms with E-state index in [1.807, 2.05) is 0 Å². The van der Waals surface area contributed by atoms with E-state index < -0.39 is 19.3 Å². The summed E-state index contributed by atoms with van der Waals surface area (Å²) in [6.45, 7) is 0. The molecule has 0 aromatic heterocycles. The van der Waals surface area contributed by atoms with Crippen molar-refractivity contribution in [3.8, 4) is 0 Å². The molecule has 0 radical (unpaired) electrons. The van der Waals surface area contributed by atoms with Crippen LogP contribution in [-0.2, 0) is 9.59 Å². The van der Waals surface area contributed by atoms with Gasteiger partial charge in [0, 0.05) is 0 Å². The fourth-order valence-electron chi connectivity index (χ4n) is 0. The van der Waals surface area contributed by atoms with E-state index in [1.54, 1.807) is 0 Å². The van der Waals surface area contributed by atoms with Gasteiger partial charge in [0.15, 0.2) is 0 Å². The smallest absolute Gasteiger partial charge is 0.871 e. The first kappa shape index (κ1) is 17.5. The Hall–Kier alpha value is 0.456. The summed E-state index contributed by atoms with van der Waals surface area (Å²) in [6.07, 6.45) is 0. The van der Waals surface area contributed by atoms with Crippen molar-refractivity contribution in [2.24, 2.45) is 0 Å². The molecule has 7 nitrogen and oxygen atoms in total. The SMILES string of the molecule is O=C(O)C(=O)O.[Ba+2].[O-]B([O-])O. The van der Waals surface area contributed by atoms with Crippen molar-refractivity contribution in [2.75, 3.05) is 0 Å². The Balaban J connectivity index is -0.000000114. The number of carbonyl (C=O) groups is 2. The third kappa shape index (κ3) is 37.7. The fraction of sp³-hybridized carbons (Fsp3) is 0. The first-order valence-corrected chi connectivity index (χ1v) is 1.84. The summed E-state index contributed by atoms with van der Waals surface area (Å²) in [5.41, 5.74) is 0. The van der Waals surface area contributed by atoms with Gasteiger partial charge >= 0.3 is 60.8 Å². The molecule has 58 valence electrons. The predicted octanol–water partition coefficient (Wildman–Crippen LogP) is -4.54. The van der Waals surface area contributed by atoms with E-state index in [4.69, 9.17) is 34.9 Å². The van der Waals surface area contributed by atoms with Crippen LogP contribution in [0.15, 0.2) is 0 Å². The van der Waals surface area contributed by atoms with E-state index in [1.165, 1.54) is 0 Å². The fourth-order valence-corrected chi connectivity index (χ4v) is 0. The summed E-state index contributed by atoms with van der Waals surface area (Å²) < 4.78 is 0. The molecule has 0 aliphatic rings. The quantitative estimate of drug-likeness (QED) is 0.301. The Morgan fingerprint density at radius 3 is 1.18 bits per heavy atom. The van der Waals surface area contributed by atoms with Crippen LogP contribution in [0.4, 0.5) is 0 Å². The van der Waals surface area contributed by atoms with E-state index in [-0.39, 0.29) is 48.9 Å². The summed E-state index contributed by atoms with van der Waals surface area (Å²) >= 11 is 0. The van der Waals surface area contributed by atoms with E-state index in [0.29, 0.717) is 0 Å². The topological polar surface area (TPSA) is 141 Å². The van der Waals surface area contributed by atoms with E-state index in [9.17, 15) is 0 Å². The number of carboxylic acids is 2. The van der Waals surface area contributed by atoms with Crippen LogP contribution in [0.3, 0.4) is 0 Å². The molecular formula is C2H3BBaO7. The van der Waals surface area contributed by atoms with Crippen LogP contribution < -0.4 is 10.0 Å². The molecule has 0 saturated heterocycles. The molecule has 0 heterocycles. The average Bonchev–Trinajstić information content (AvgIpc) is 1.63. The predicted molar refractivity (Wildman–Crippen MR) is 29.0 cm³/mol. The van der Waals surface area contributed by atoms with Crippen molar-refractivity contribution in [1.82, 2.24) is 0 Å². The third-order valence-corrected chi connectivity index (χ3v) is 0.183. The molecule has 0 aliphatic carbocycles. The minimum atomic E-state index is -2.67. The number of rotatable bonds is 0. The first-order valence-electron chi connectivity index (χ1n) is 1.84. The van der Waals surface area contributed by atoms with Gasteiger partial charge in [-0.1, -0.05) is 0 Å². The van der Waals surface area contributed by atoms with Gasteiger partial charge in [-0.15, -0.1) is 0 Å². The zero-order valence-corrected chi connectivity index (χ0v) is 9.70. The van der Waals surface area contributed by atoms with Crippen LogP contribution in [0.5, 0.6) is 0 Å². The summed E-state index contributed by atoms with van der Waals surface area (Å²) in [7, 11) is -2.67. The summed E-state index contributed by atoms with van der Waals surface area (Å²) in [5.74, 6) is -3.65. The van der Waals surface area contributed by atoms with Gasteiger partial charge < -0.3 is 25.3 Å². The van der Waals surface area contributed by atoms with Crippen molar-refractivity contribution in [2.45, 2.75) is 0 Å². The van der Waals surface area contributed by atoms with Crippen molar-refractivity contribution >= 4 is 68.1 Å². The summed E-state index contributed by atoms with van der Waals surface area (Å²) in [4.78, 5) is 18.2. The molecule has 0 saturated carbocycles. The van der Waals surface area contributed by atoms with Gasteiger partial charge in [0.2, 0.25) is 0 Å². The molecule has 0 aromatic rings. The van der Waals surface area contributed by atoms with Crippen molar-refractivity contribution in [1.29, 1.82) is 0 Å². The van der Waals surface area contributed by atoms with E-state index in [2.05, 4.69) is 0 Å². The normalized spacial score (nSPS) is 6.45. The zero-order valence-electron chi connectivity index (χ0n) is 5.26. The molecule has 0 aliphatic heterocycles. The minimum Gasteiger partial charge on any atom is -0.871 e. The molecule has 0 spiro atoms. The Morgan fingerprint density at radius 1 is 1.09 bits per heavy atom. The number of hydrogen-bond donors (Lipinski definition) is 3. The molecule has 3 N–H and O–H groups in total. The maximum absolute atomic E-state index is 9.10.